The zero-order chi connectivity index (χ0) is 16.1. The van der Waals surface area contributed by atoms with Crippen molar-refractivity contribution in [2.45, 2.75) is 41.0 Å². The van der Waals surface area contributed by atoms with Gasteiger partial charge in [0.05, 0.1) is 0 Å². The highest BCUT2D eigenvalue weighted by atomic mass is 15.1. The van der Waals surface area contributed by atoms with Crippen LogP contribution in [0, 0.1) is 26.7 Å². The first kappa shape index (κ1) is 16.3. The maximum atomic E-state index is 4.54. The second-order valence-electron chi connectivity index (χ2n) is 6.27. The Hall–Kier alpha value is -2.10. The van der Waals surface area contributed by atoms with Gasteiger partial charge in [-0.1, -0.05) is 31.5 Å². The molecular formula is C18H26N4. The van der Waals surface area contributed by atoms with Gasteiger partial charge in [-0.25, -0.2) is 4.98 Å². The fourth-order valence-electron chi connectivity index (χ4n) is 2.50. The molecule has 118 valence electrons. The summed E-state index contributed by atoms with van der Waals surface area (Å²) in [7, 11) is 0. The highest BCUT2D eigenvalue weighted by Gasteiger charge is 2.06. The number of anilines is 3. The minimum Gasteiger partial charge on any atom is -0.370 e. The molecule has 1 aromatic heterocycles. The average Bonchev–Trinajstić information content (AvgIpc) is 2.43. The van der Waals surface area contributed by atoms with Crippen LogP contribution in [0.1, 0.15) is 37.0 Å². The lowest BCUT2D eigenvalue weighted by molar-refractivity contribution is 0.606. The summed E-state index contributed by atoms with van der Waals surface area (Å²) < 4.78 is 0. The monoisotopic (exact) mass is 298 g/mol. The lowest BCUT2D eigenvalue weighted by atomic mass is 10.1. The molecule has 4 nitrogen and oxygen atoms in total. The van der Waals surface area contributed by atoms with Gasteiger partial charge in [-0.05, 0) is 50.3 Å². The summed E-state index contributed by atoms with van der Waals surface area (Å²) in [5.74, 6) is 2.18. The Morgan fingerprint density at radius 2 is 1.77 bits per heavy atom. The first-order valence-corrected chi connectivity index (χ1v) is 7.87. The fraction of sp³-hybridized carbons (Fsp3) is 0.444. The smallest absolute Gasteiger partial charge is 0.229 e. The largest absolute Gasteiger partial charge is 0.370 e. The lowest BCUT2D eigenvalue weighted by Gasteiger charge is -2.13. The minimum absolute atomic E-state index is 0.629. The van der Waals surface area contributed by atoms with Gasteiger partial charge in [0.25, 0.3) is 0 Å². The van der Waals surface area contributed by atoms with E-state index in [9.17, 15) is 0 Å². The Morgan fingerprint density at radius 3 is 2.41 bits per heavy atom. The van der Waals surface area contributed by atoms with Gasteiger partial charge in [0, 0.05) is 18.4 Å². The molecule has 0 aliphatic rings. The topological polar surface area (TPSA) is 49.8 Å². The molecule has 2 rings (SSSR count). The van der Waals surface area contributed by atoms with E-state index in [-0.39, 0.29) is 0 Å². The van der Waals surface area contributed by atoms with Crippen LogP contribution < -0.4 is 10.6 Å². The summed E-state index contributed by atoms with van der Waals surface area (Å²) in [6, 6.07) is 6.24. The van der Waals surface area contributed by atoms with Crippen molar-refractivity contribution in [2.24, 2.45) is 5.92 Å². The highest BCUT2D eigenvalue weighted by Crippen LogP contribution is 2.24. The molecule has 0 spiro atoms. The van der Waals surface area contributed by atoms with Crippen LogP contribution in [0.15, 0.2) is 24.4 Å². The van der Waals surface area contributed by atoms with Crippen molar-refractivity contribution >= 4 is 17.5 Å². The molecule has 2 N–H and O–H groups in total. The van der Waals surface area contributed by atoms with Crippen LogP contribution in [0.25, 0.3) is 0 Å². The van der Waals surface area contributed by atoms with E-state index < -0.39 is 0 Å². The van der Waals surface area contributed by atoms with Crippen LogP contribution in [0.3, 0.4) is 0 Å². The zero-order valence-corrected chi connectivity index (χ0v) is 14.2. The predicted molar refractivity (Wildman–Crippen MR) is 93.9 cm³/mol. The van der Waals surface area contributed by atoms with Crippen molar-refractivity contribution in [3.63, 3.8) is 0 Å². The molecule has 0 saturated heterocycles. The molecule has 0 aliphatic heterocycles. The maximum absolute atomic E-state index is 4.54. The third-order valence-electron chi connectivity index (χ3n) is 3.60. The van der Waals surface area contributed by atoms with E-state index in [2.05, 4.69) is 67.4 Å². The average molecular weight is 298 g/mol. The van der Waals surface area contributed by atoms with Crippen molar-refractivity contribution in [2.75, 3.05) is 17.2 Å². The Morgan fingerprint density at radius 1 is 1.09 bits per heavy atom. The van der Waals surface area contributed by atoms with Crippen LogP contribution in [0.4, 0.5) is 17.5 Å². The number of hydrogen-bond acceptors (Lipinski definition) is 4. The molecular weight excluding hydrogens is 272 g/mol. The van der Waals surface area contributed by atoms with Crippen molar-refractivity contribution in [3.8, 4) is 0 Å². The standard InChI is InChI=1S/C18H26N4/c1-12(2)6-8-19-16-7-9-20-18(21-16)22-17-14(4)10-13(3)11-15(17)5/h7,9-12H,6,8H2,1-5H3,(H2,19,20,21,22). The van der Waals surface area contributed by atoms with E-state index in [0.717, 1.165) is 24.5 Å². The summed E-state index contributed by atoms with van der Waals surface area (Å²) >= 11 is 0. The van der Waals surface area contributed by atoms with Crippen LogP contribution in [-0.2, 0) is 0 Å². The molecule has 1 heterocycles. The number of nitrogens with zero attached hydrogens (tertiary/aromatic N) is 2. The summed E-state index contributed by atoms with van der Waals surface area (Å²) in [4.78, 5) is 8.86. The van der Waals surface area contributed by atoms with Crippen molar-refractivity contribution in [1.29, 1.82) is 0 Å². The zero-order valence-electron chi connectivity index (χ0n) is 14.2. The number of aromatic nitrogens is 2. The van der Waals surface area contributed by atoms with E-state index in [1.165, 1.54) is 16.7 Å². The predicted octanol–water partition coefficient (Wildman–Crippen LogP) is 4.60. The molecule has 4 heteroatoms. The van der Waals surface area contributed by atoms with Gasteiger partial charge in [-0.15, -0.1) is 0 Å². The molecule has 0 radical (unpaired) electrons. The molecule has 2 aromatic rings. The van der Waals surface area contributed by atoms with E-state index in [1.807, 2.05) is 6.07 Å². The molecule has 0 saturated carbocycles. The molecule has 0 fully saturated rings. The Bertz CT molecular complexity index is 612. The van der Waals surface area contributed by atoms with E-state index in [4.69, 9.17) is 0 Å². The van der Waals surface area contributed by atoms with Crippen molar-refractivity contribution in [1.82, 2.24) is 9.97 Å². The maximum Gasteiger partial charge on any atom is 0.229 e. The van der Waals surface area contributed by atoms with E-state index in [1.54, 1.807) is 6.20 Å². The number of aryl methyl sites for hydroxylation is 3. The number of hydrogen-bond donors (Lipinski definition) is 2. The van der Waals surface area contributed by atoms with Crippen molar-refractivity contribution < 1.29 is 0 Å². The fourth-order valence-corrected chi connectivity index (χ4v) is 2.50. The molecule has 0 aliphatic carbocycles. The normalized spacial score (nSPS) is 10.8. The molecule has 0 atom stereocenters. The highest BCUT2D eigenvalue weighted by molar-refractivity contribution is 5.64. The first-order chi connectivity index (χ1) is 10.5. The second kappa shape index (κ2) is 7.25. The van der Waals surface area contributed by atoms with E-state index in [0.29, 0.717) is 11.9 Å². The Balaban J connectivity index is 2.10. The van der Waals surface area contributed by atoms with Crippen LogP contribution in [0.2, 0.25) is 0 Å². The van der Waals surface area contributed by atoms with Crippen LogP contribution in [0.5, 0.6) is 0 Å². The third kappa shape index (κ3) is 4.45. The van der Waals surface area contributed by atoms with Gasteiger partial charge in [-0.2, -0.15) is 4.98 Å². The van der Waals surface area contributed by atoms with Crippen LogP contribution in [-0.4, -0.2) is 16.5 Å². The van der Waals surface area contributed by atoms with Crippen LogP contribution >= 0.6 is 0 Å². The summed E-state index contributed by atoms with van der Waals surface area (Å²) in [6.07, 6.45) is 2.91. The Kier molecular flexibility index (Phi) is 5.36. The molecule has 1 aromatic carbocycles. The van der Waals surface area contributed by atoms with Gasteiger partial charge in [0.15, 0.2) is 0 Å². The van der Waals surface area contributed by atoms with Gasteiger partial charge in [0.1, 0.15) is 5.82 Å². The molecule has 22 heavy (non-hydrogen) atoms. The summed E-state index contributed by atoms with van der Waals surface area (Å²) in [5, 5.41) is 6.69. The number of nitrogens with one attached hydrogen (secondary N) is 2. The SMILES string of the molecule is Cc1cc(C)c(Nc2nccc(NCCC(C)C)n2)c(C)c1. The lowest BCUT2D eigenvalue weighted by Crippen LogP contribution is -2.08. The molecule has 0 bridgehead atoms. The second-order valence-corrected chi connectivity index (χ2v) is 6.27. The van der Waals surface area contributed by atoms with Gasteiger partial charge < -0.3 is 10.6 Å². The minimum atomic E-state index is 0.629. The van der Waals surface area contributed by atoms with E-state index >= 15 is 0 Å². The van der Waals surface area contributed by atoms with Gasteiger partial charge in [-0.3, -0.25) is 0 Å². The third-order valence-corrected chi connectivity index (χ3v) is 3.60. The van der Waals surface area contributed by atoms with Gasteiger partial charge in [0.2, 0.25) is 5.95 Å². The Labute approximate surface area is 133 Å². The molecule has 0 unspecified atom stereocenters. The quantitative estimate of drug-likeness (QED) is 0.818. The number of rotatable bonds is 6. The number of benzene rings is 1. The summed E-state index contributed by atoms with van der Waals surface area (Å²) in [5.41, 5.74) is 4.77. The summed E-state index contributed by atoms with van der Waals surface area (Å²) in [6.45, 7) is 11.7. The molecule has 0 amide bonds. The van der Waals surface area contributed by atoms with Gasteiger partial charge >= 0.3 is 0 Å². The first-order valence-electron chi connectivity index (χ1n) is 7.87. The van der Waals surface area contributed by atoms with Crippen molar-refractivity contribution in [3.05, 3.63) is 41.1 Å².